The normalized spacial score (nSPS) is 16.3. The SMILES string of the molecule is CCNc1ccc2c(c1)N1CCN=C1S2.Cl. The molecule has 86 valence electrons. The first-order valence-corrected chi connectivity index (χ1v) is 6.08. The fraction of sp³-hybridized carbons (Fsp3) is 0.364. The highest BCUT2D eigenvalue weighted by Gasteiger charge is 2.29. The fourth-order valence-corrected chi connectivity index (χ4v) is 3.03. The molecule has 3 nitrogen and oxygen atoms in total. The van der Waals surface area contributed by atoms with Crippen molar-refractivity contribution in [3.63, 3.8) is 0 Å². The number of halogens is 1. The lowest BCUT2D eigenvalue weighted by atomic mass is 10.2. The third kappa shape index (κ3) is 1.76. The quantitative estimate of drug-likeness (QED) is 0.881. The minimum atomic E-state index is 0. The Labute approximate surface area is 106 Å². The van der Waals surface area contributed by atoms with Crippen LogP contribution in [0.4, 0.5) is 11.4 Å². The zero-order valence-corrected chi connectivity index (χ0v) is 10.7. The molecule has 5 heteroatoms. The van der Waals surface area contributed by atoms with Crippen LogP contribution in [0.15, 0.2) is 28.1 Å². The van der Waals surface area contributed by atoms with Gasteiger partial charge in [0.1, 0.15) is 0 Å². The van der Waals surface area contributed by atoms with Crippen molar-refractivity contribution in [3.8, 4) is 0 Å². The summed E-state index contributed by atoms with van der Waals surface area (Å²) in [7, 11) is 0. The highest BCUT2D eigenvalue weighted by Crippen LogP contribution is 2.42. The molecule has 0 aliphatic carbocycles. The Hall–Kier alpha value is -0.870. The van der Waals surface area contributed by atoms with Gasteiger partial charge in [-0.25, -0.2) is 0 Å². The summed E-state index contributed by atoms with van der Waals surface area (Å²) in [6.45, 7) is 5.05. The second-order valence-electron chi connectivity index (χ2n) is 3.63. The number of rotatable bonds is 2. The summed E-state index contributed by atoms with van der Waals surface area (Å²) in [5, 5.41) is 4.51. The van der Waals surface area contributed by atoms with Crippen molar-refractivity contribution in [2.45, 2.75) is 11.8 Å². The summed E-state index contributed by atoms with van der Waals surface area (Å²) < 4.78 is 0. The van der Waals surface area contributed by atoms with E-state index in [1.165, 1.54) is 21.4 Å². The first kappa shape index (κ1) is 11.6. The van der Waals surface area contributed by atoms with E-state index in [0.29, 0.717) is 0 Å². The lowest BCUT2D eigenvalue weighted by Gasteiger charge is -2.13. The minimum absolute atomic E-state index is 0. The number of nitrogens with zero attached hydrogens (tertiary/aromatic N) is 2. The van der Waals surface area contributed by atoms with Crippen LogP contribution in [0, 0.1) is 0 Å². The van der Waals surface area contributed by atoms with Crippen molar-refractivity contribution in [1.29, 1.82) is 0 Å². The zero-order chi connectivity index (χ0) is 10.3. The van der Waals surface area contributed by atoms with Crippen molar-refractivity contribution in [2.75, 3.05) is 29.9 Å². The van der Waals surface area contributed by atoms with Crippen LogP contribution in [0.25, 0.3) is 0 Å². The van der Waals surface area contributed by atoms with Crippen LogP contribution in [0.5, 0.6) is 0 Å². The second kappa shape index (κ2) is 4.55. The molecule has 0 unspecified atom stereocenters. The predicted molar refractivity (Wildman–Crippen MR) is 73.4 cm³/mol. The number of anilines is 2. The summed E-state index contributed by atoms with van der Waals surface area (Å²) in [4.78, 5) is 8.11. The van der Waals surface area contributed by atoms with Gasteiger partial charge in [-0.2, -0.15) is 0 Å². The predicted octanol–water partition coefficient (Wildman–Crippen LogP) is 2.82. The smallest absolute Gasteiger partial charge is 0.168 e. The maximum absolute atomic E-state index is 4.47. The maximum Gasteiger partial charge on any atom is 0.168 e. The van der Waals surface area contributed by atoms with Gasteiger partial charge in [-0.3, -0.25) is 4.99 Å². The lowest BCUT2D eigenvalue weighted by molar-refractivity contribution is 1.01. The molecule has 0 atom stereocenters. The lowest BCUT2D eigenvalue weighted by Crippen LogP contribution is -2.20. The van der Waals surface area contributed by atoms with Crippen LogP contribution < -0.4 is 10.2 Å². The molecule has 0 saturated heterocycles. The molecule has 0 fully saturated rings. The molecule has 2 aliphatic rings. The van der Waals surface area contributed by atoms with Gasteiger partial charge in [0.25, 0.3) is 0 Å². The van der Waals surface area contributed by atoms with Gasteiger partial charge in [-0.05, 0) is 36.9 Å². The standard InChI is InChI=1S/C11H13N3S.ClH/c1-2-12-8-3-4-10-9(7-8)14-6-5-13-11(14)15-10;/h3-4,7,12H,2,5-6H2,1H3;1H. The number of amidine groups is 1. The van der Waals surface area contributed by atoms with Crippen LogP contribution in [0.2, 0.25) is 0 Å². The van der Waals surface area contributed by atoms with Crippen LogP contribution in [-0.2, 0) is 0 Å². The van der Waals surface area contributed by atoms with Crippen molar-refractivity contribution < 1.29 is 0 Å². The average molecular weight is 256 g/mol. The summed E-state index contributed by atoms with van der Waals surface area (Å²) in [5.41, 5.74) is 2.51. The van der Waals surface area contributed by atoms with E-state index in [4.69, 9.17) is 0 Å². The Kier molecular flexibility index (Phi) is 3.30. The van der Waals surface area contributed by atoms with Crippen LogP contribution in [0.1, 0.15) is 6.92 Å². The number of hydrogen-bond acceptors (Lipinski definition) is 4. The molecule has 0 radical (unpaired) electrons. The summed E-state index contributed by atoms with van der Waals surface area (Å²) >= 11 is 1.78. The molecule has 0 bridgehead atoms. The third-order valence-electron chi connectivity index (χ3n) is 2.63. The number of aliphatic imine (C=N–C) groups is 1. The van der Waals surface area contributed by atoms with Gasteiger partial charge >= 0.3 is 0 Å². The maximum atomic E-state index is 4.47. The Balaban J connectivity index is 0.000000963. The van der Waals surface area contributed by atoms with E-state index < -0.39 is 0 Å². The van der Waals surface area contributed by atoms with Gasteiger partial charge in [0.05, 0.1) is 12.2 Å². The minimum Gasteiger partial charge on any atom is -0.385 e. The Morgan fingerprint density at radius 1 is 1.50 bits per heavy atom. The van der Waals surface area contributed by atoms with Gasteiger partial charge in [0, 0.05) is 23.7 Å². The van der Waals surface area contributed by atoms with Gasteiger partial charge in [0.2, 0.25) is 0 Å². The van der Waals surface area contributed by atoms with Crippen molar-refractivity contribution in [2.24, 2.45) is 4.99 Å². The largest absolute Gasteiger partial charge is 0.385 e. The number of benzene rings is 1. The van der Waals surface area contributed by atoms with Crippen LogP contribution in [0.3, 0.4) is 0 Å². The Bertz CT molecular complexity index is 433. The molecule has 0 saturated carbocycles. The summed E-state index contributed by atoms with van der Waals surface area (Å²) in [6.07, 6.45) is 0. The van der Waals surface area contributed by atoms with E-state index in [-0.39, 0.29) is 12.4 Å². The first-order chi connectivity index (χ1) is 7.38. The van der Waals surface area contributed by atoms with E-state index in [0.717, 1.165) is 19.6 Å². The monoisotopic (exact) mass is 255 g/mol. The van der Waals surface area contributed by atoms with E-state index in [9.17, 15) is 0 Å². The van der Waals surface area contributed by atoms with Gasteiger partial charge in [0.15, 0.2) is 5.17 Å². The number of fused-ring (bicyclic) bond motifs is 3. The molecule has 1 N–H and O–H groups in total. The molecule has 16 heavy (non-hydrogen) atoms. The fourth-order valence-electron chi connectivity index (χ4n) is 1.96. The van der Waals surface area contributed by atoms with Crippen LogP contribution >= 0.6 is 24.2 Å². The molecule has 0 amide bonds. The van der Waals surface area contributed by atoms with E-state index in [1.54, 1.807) is 11.8 Å². The Morgan fingerprint density at radius 3 is 3.19 bits per heavy atom. The van der Waals surface area contributed by atoms with E-state index in [1.807, 2.05) is 0 Å². The highest BCUT2D eigenvalue weighted by atomic mass is 35.5. The van der Waals surface area contributed by atoms with E-state index >= 15 is 0 Å². The number of thioether (sulfide) groups is 1. The Morgan fingerprint density at radius 2 is 2.38 bits per heavy atom. The first-order valence-electron chi connectivity index (χ1n) is 5.26. The van der Waals surface area contributed by atoms with Gasteiger partial charge in [-0.1, -0.05) is 0 Å². The average Bonchev–Trinajstić information content (AvgIpc) is 2.78. The zero-order valence-electron chi connectivity index (χ0n) is 9.06. The topological polar surface area (TPSA) is 27.6 Å². The molecular weight excluding hydrogens is 242 g/mol. The summed E-state index contributed by atoms with van der Waals surface area (Å²) in [5.74, 6) is 0. The van der Waals surface area contributed by atoms with Gasteiger partial charge in [-0.15, -0.1) is 12.4 Å². The van der Waals surface area contributed by atoms with Crippen LogP contribution in [-0.4, -0.2) is 24.8 Å². The molecule has 2 heterocycles. The molecule has 0 spiro atoms. The highest BCUT2D eigenvalue weighted by molar-refractivity contribution is 8.14. The molecule has 1 aromatic carbocycles. The van der Waals surface area contributed by atoms with Crippen molar-refractivity contribution in [1.82, 2.24) is 0 Å². The molecule has 0 aromatic heterocycles. The third-order valence-corrected chi connectivity index (χ3v) is 3.73. The molecular formula is C11H14ClN3S. The van der Waals surface area contributed by atoms with Gasteiger partial charge < -0.3 is 10.2 Å². The second-order valence-corrected chi connectivity index (χ2v) is 4.64. The summed E-state index contributed by atoms with van der Waals surface area (Å²) in [6, 6.07) is 6.54. The molecule has 1 aromatic rings. The van der Waals surface area contributed by atoms with Crippen molar-refractivity contribution in [3.05, 3.63) is 18.2 Å². The molecule has 3 rings (SSSR count). The van der Waals surface area contributed by atoms with E-state index in [2.05, 4.69) is 40.3 Å². The van der Waals surface area contributed by atoms with Crippen molar-refractivity contribution >= 4 is 40.7 Å². The molecule has 2 aliphatic heterocycles. The number of nitrogens with one attached hydrogen (secondary N) is 1. The number of hydrogen-bond donors (Lipinski definition) is 1.